The van der Waals surface area contributed by atoms with Crippen molar-refractivity contribution in [1.82, 2.24) is 0 Å². The number of benzene rings is 2. The highest BCUT2D eigenvalue weighted by molar-refractivity contribution is 5.47. The first-order valence-electron chi connectivity index (χ1n) is 6.95. The number of ether oxygens (including phenoxy) is 2. The van der Waals surface area contributed by atoms with Gasteiger partial charge in [-0.05, 0) is 49.2 Å². The Morgan fingerprint density at radius 3 is 2.35 bits per heavy atom. The molecule has 3 heteroatoms. The Hall–Kier alpha value is -2.16. The molecule has 0 heterocycles. The van der Waals surface area contributed by atoms with Gasteiger partial charge >= 0.3 is 0 Å². The Balaban J connectivity index is 2.07. The number of rotatable bonds is 6. The number of aryl methyl sites for hydroxylation is 1. The highest BCUT2D eigenvalue weighted by Gasteiger charge is 2.05. The molecular formula is C17H21NO2. The predicted molar refractivity (Wildman–Crippen MR) is 82.2 cm³/mol. The molecule has 2 aromatic carbocycles. The second-order valence-corrected chi connectivity index (χ2v) is 4.59. The number of anilines is 1. The first-order chi connectivity index (χ1) is 9.72. The maximum atomic E-state index is 5.82. The van der Waals surface area contributed by atoms with Gasteiger partial charge in [0, 0.05) is 11.3 Å². The molecule has 0 fully saturated rings. The molecule has 0 aliphatic rings. The standard InChI is InChI=1S/C17H21NO2/c1-3-13-5-8-16(9-6-13)20-12-14-11-15(18)7-10-17(14)19-4-2/h5-11H,3-4,12,18H2,1-2H3. The molecule has 0 saturated carbocycles. The van der Waals surface area contributed by atoms with Crippen molar-refractivity contribution in [1.29, 1.82) is 0 Å². The van der Waals surface area contributed by atoms with Crippen LogP contribution in [0.1, 0.15) is 25.0 Å². The molecule has 0 spiro atoms. The van der Waals surface area contributed by atoms with Crippen LogP contribution in [0.3, 0.4) is 0 Å². The topological polar surface area (TPSA) is 44.5 Å². The lowest BCUT2D eigenvalue weighted by Gasteiger charge is -2.12. The Morgan fingerprint density at radius 1 is 0.950 bits per heavy atom. The van der Waals surface area contributed by atoms with Gasteiger partial charge in [-0.15, -0.1) is 0 Å². The summed E-state index contributed by atoms with van der Waals surface area (Å²) in [6, 6.07) is 13.8. The van der Waals surface area contributed by atoms with Crippen LogP contribution >= 0.6 is 0 Å². The van der Waals surface area contributed by atoms with E-state index in [0.717, 1.165) is 23.5 Å². The van der Waals surface area contributed by atoms with E-state index in [4.69, 9.17) is 15.2 Å². The molecule has 0 atom stereocenters. The average Bonchev–Trinajstić information content (AvgIpc) is 2.48. The maximum Gasteiger partial charge on any atom is 0.126 e. The first kappa shape index (κ1) is 14.3. The third kappa shape index (κ3) is 3.67. The second-order valence-electron chi connectivity index (χ2n) is 4.59. The van der Waals surface area contributed by atoms with E-state index in [9.17, 15) is 0 Å². The van der Waals surface area contributed by atoms with Crippen LogP contribution in [-0.2, 0) is 13.0 Å². The van der Waals surface area contributed by atoms with Gasteiger partial charge in [0.05, 0.1) is 6.61 Å². The van der Waals surface area contributed by atoms with E-state index in [1.165, 1.54) is 5.56 Å². The smallest absolute Gasteiger partial charge is 0.126 e. The largest absolute Gasteiger partial charge is 0.493 e. The van der Waals surface area contributed by atoms with Crippen LogP contribution in [0.5, 0.6) is 11.5 Å². The Labute approximate surface area is 120 Å². The summed E-state index contributed by atoms with van der Waals surface area (Å²) in [6.07, 6.45) is 1.03. The summed E-state index contributed by atoms with van der Waals surface area (Å²) in [4.78, 5) is 0. The van der Waals surface area contributed by atoms with Crippen molar-refractivity contribution in [3.63, 3.8) is 0 Å². The molecule has 2 aromatic rings. The van der Waals surface area contributed by atoms with Crippen molar-refractivity contribution in [2.45, 2.75) is 26.9 Å². The average molecular weight is 271 g/mol. The van der Waals surface area contributed by atoms with Gasteiger partial charge in [0.2, 0.25) is 0 Å². The molecule has 3 nitrogen and oxygen atoms in total. The van der Waals surface area contributed by atoms with Crippen LogP contribution in [0.4, 0.5) is 5.69 Å². The van der Waals surface area contributed by atoms with E-state index < -0.39 is 0 Å². The van der Waals surface area contributed by atoms with E-state index in [0.29, 0.717) is 18.9 Å². The highest BCUT2D eigenvalue weighted by atomic mass is 16.5. The normalized spacial score (nSPS) is 10.3. The van der Waals surface area contributed by atoms with Crippen LogP contribution in [0.25, 0.3) is 0 Å². The van der Waals surface area contributed by atoms with Gasteiger partial charge in [0.15, 0.2) is 0 Å². The minimum atomic E-state index is 0.450. The molecule has 0 bridgehead atoms. The molecule has 0 aliphatic carbocycles. The lowest BCUT2D eigenvalue weighted by molar-refractivity contribution is 0.286. The number of hydrogen-bond acceptors (Lipinski definition) is 3. The summed E-state index contributed by atoms with van der Waals surface area (Å²) < 4.78 is 11.4. The minimum absolute atomic E-state index is 0.450. The minimum Gasteiger partial charge on any atom is -0.493 e. The third-order valence-electron chi connectivity index (χ3n) is 3.11. The van der Waals surface area contributed by atoms with Gasteiger partial charge in [0.25, 0.3) is 0 Å². The van der Waals surface area contributed by atoms with E-state index in [-0.39, 0.29) is 0 Å². The van der Waals surface area contributed by atoms with Gasteiger partial charge in [-0.1, -0.05) is 19.1 Å². The Morgan fingerprint density at radius 2 is 1.70 bits per heavy atom. The zero-order valence-corrected chi connectivity index (χ0v) is 12.1. The van der Waals surface area contributed by atoms with E-state index in [1.54, 1.807) is 0 Å². The first-order valence-corrected chi connectivity index (χ1v) is 6.95. The molecule has 0 radical (unpaired) electrons. The van der Waals surface area contributed by atoms with Gasteiger partial charge in [-0.2, -0.15) is 0 Å². The molecule has 0 aliphatic heterocycles. The van der Waals surface area contributed by atoms with Crippen molar-refractivity contribution in [3.8, 4) is 11.5 Å². The summed E-state index contributed by atoms with van der Waals surface area (Å²) in [6.45, 7) is 5.18. The Kier molecular flexibility index (Phi) is 4.88. The molecule has 0 aromatic heterocycles. The molecule has 0 unspecified atom stereocenters. The number of hydrogen-bond donors (Lipinski definition) is 1. The van der Waals surface area contributed by atoms with Gasteiger partial charge < -0.3 is 15.2 Å². The monoisotopic (exact) mass is 271 g/mol. The number of nitrogen functional groups attached to an aromatic ring is 1. The van der Waals surface area contributed by atoms with Crippen LogP contribution in [-0.4, -0.2) is 6.61 Å². The lowest BCUT2D eigenvalue weighted by Crippen LogP contribution is -2.02. The molecule has 0 amide bonds. The van der Waals surface area contributed by atoms with Gasteiger partial charge in [0.1, 0.15) is 18.1 Å². The van der Waals surface area contributed by atoms with Gasteiger partial charge in [-0.25, -0.2) is 0 Å². The molecule has 106 valence electrons. The predicted octanol–water partition coefficient (Wildman–Crippen LogP) is 3.81. The van der Waals surface area contributed by atoms with Crippen molar-refractivity contribution < 1.29 is 9.47 Å². The summed E-state index contributed by atoms with van der Waals surface area (Å²) in [7, 11) is 0. The number of nitrogens with two attached hydrogens (primary N) is 1. The molecule has 0 saturated heterocycles. The van der Waals surface area contributed by atoms with Crippen LogP contribution < -0.4 is 15.2 Å². The fourth-order valence-corrected chi connectivity index (χ4v) is 1.99. The third-order valence-corrected chi connectivity index (χ3v) is 3.11. The van der Waals surface area contributed by atoms with Crippen molar-refractivity contribution in [2.24, 2.45) is 0 Å². The fourth-order valence-electron chi connectivity index (χ4n) is 1.99. The van der Waals surface area contributed by atoms with Crippen LogP contribution in [0, 0.1) is 0 Å². The van der Waals surface area contributed by atoms with E-state index >= 15 is 0 Å². The maximum absolute atomic E-state index is 5.82. The van der Waals surface area contributed by atoms with E-state index in [2.05, 4.69) is 19.1 Å². The molecule has 2 N–H and O–H groups in total. The highest BCUT2D eigenvalue weighted by Crippen LogP contribution is 2.23. The quantitative estimate of drug-likeness (QED) is 0.812. The Bertz CT molecular complexity index is 549. The summed E-state index contributed by atoms with van der Waals surface area (Å²) in [5.74, 6) is 1.68. The van der Waals surface area contributed by atoms with Crippen LogP contribution in [0.15, 0.2) is 42.5 Å². The molecule has 20 heavy (non-hydrogen) atoms. The second kappa shape index (κ2) is 6.85. The van der Waals surface area contributed by atoms with Crippen molar-refractivity contribution >= 4 is 5.69 Å². The lowest BCUT2D eigenvalue weighted by atomic mass is 10.1. The summed E-state index contributed by atoms with van der Waals surface area (Å²) in [5, 5.41) is 0. The van der Waals surface area contributed by atoms with Gasteiger partial charge in [-0.3, -0.25) is 0 Å². The van der Waals surface area contributed by atoms with Crippen molar-refractivity contribution in [2.75, 3.05) is 12.3 Å². The SMILES string of the molecule is CCOc1ccc(N)cc1COc1ccc(CC)cc1. The molecule has 2 rings (SSSR count). The summed E-state index contributed by atoms with van der Waals surface area (Å²) >= 11 is 0. The summed E-state index contributed by atoms with van der Waals surface area (Å²) in [5.41, 5.74) is 8.80. The zero-order valence-electron chi connectivity index (χ0n) is 12.1. The molecular weight excluding hydrogens is 250 g/mol. The zero-order chi connectivity index (χ0) is 14.4. The van der Waals surface area contributed by atoms with Crippen LogP contribution in [0.2, 0.25) is 0 Å². The van der Waals surface area contributed by atoms with E-state index in [1.807, 2.05) is 37.3 Å². The fraction of sp³-hybridized carbons (Fsp3) is 0.294. The van der Waals surface area contributed by atoms with Crippen molar-refractivity contribution in [3.05, 3.63) is 53.6 Å².